The van der Waals surface area contributed by atoms with Crippen molar-refractivity contribution in [3.63, 3.8) is 0 Å². The predicted molar refractivity (Wildman–Crippen MR) is 363 cm³/mol. The number of imidazole rings is 2. The average molecular weight is 1420 g/mol. The molecule has 1 spiro atoms. The number of likely N-dealkylation sites (tertiary alicyclic amines) is 2. The Bertz CT molecular complexity index is 4480. The highest BCUT2D eigenvalue weighted by Crippen LogP contribution is 2.59. The monoisotopic (exact) mass is 1420 g/mol. The molecule has 6 aliphatic rings. The highest BCUT2D eigenvalue weighted by molar-refractivity contribution is 7.52. The molecule has 538 valence electrons. The maximum atomic E-state index is 16.7. The van der Waals surface area contributed by atoms with Gasteiger partial charge in [-0.05, 0) is 148 Å². The number of amides is 4. The van der Waals surface area contributed by atoms with E-state index in [2.05, 4.69) is 25.7 Å². The second kappa shape index (κ2) is 28.0. The number of aliphatic hydroxyl groups excluding tert-OH is 1. The summed E-state index contributed by atoms with van der Waals surface area (Å²) in [5.41, 5.74) is 0.565. The molecule has 5 fully saturated rings. The summed E-state index contributed by atoms with van der Waals surface area (Å²) >= 11 is 0. The van der Waals surface area contributed by atoms with Crippen LogP contribution in [0.25, 0.3) is 44.5 Å². The zero-order valence-electron chi connectivity index (χ0n) is 57.5. The molecule has 7 N–H and O–H groups in total. The largest absolute Gasteiger partial charge is 0.462 e. The fourth-order valence-corrected chi connectivity index (χ4v) is 16.0. The minimum atomic E-state index is -4.30. The number of ether oxygens (including phenoxy) is 4. The average Bonchev–Trinajstić information content (AvgIpc) is 1.59. The minimum absolute atomic E-state index is 0.0102. The lowest BCUT2D eigenvalue weighted by Crippen LogP contribution is -2.54. The Hall–Kier alpha value is -9.15. The van der Waals surface area contributed by atoms with Gasteiger partial charge < -0.3 is 59.0 Å². The summed E-state index contributed by atoms with van der Waals surface area (Å²) in [7, 11) is -1.76. The Morgan fingerprint density at radius 1 is 0.782 bits per heavy atom. The van der Waals surface area contributed by atoms with Gasteiger partial charge in [0.05, 0.1) is 61.9 Å². The SMILES string of the molecule is CC(C)OC(=O)[C@H](C)N[P@](=O)(OC[C@H]1O[C@@H](n2ccc(=O)[nH]c2=O)[C@](C)(F)[C@@H]1O)Oc1ccccc1.COC(=O)N[C@H](C(=O)N1CC2(CC2)C[C@H]1c1ncc(-c2ccc3c(c2)C(F)(F)c2cc(-c4ccc5nc([C@@H]6[C@H]7CC[C@H](C7)N6C(=O)[C@@H](NC(=O)OC)C(C)C)[nH]c5c4)ccc2-3)[nH]1)C(C)C. The van der Waals surface area contributed by atoms with Gasteiger partial charge in [-0.15, -0.1) is 0 Å². The predicted octanol–water partition coefficient (Wildman–Crippen LogP) is 10.3. The molecule has 26 nitrogen and oxygen atoms in total. The number of fused-ring (bicyclic) bond motifs is 6. The number of aromatic nitrogens is 6. The quantitative estimate of drug-likeness (QED) is 0.0212. The number of aliphatic hydroxyl groups is 1. The molecule has 4 amide bonds. The van der Waals surface area contributed by atoms with Gasteiger partial charge in [-0.2, -0.15) is 13.9 Å². The molecule has 3 aromatic heterocycles. The summed E-state index contributed by atoms with van der Waals surface area (Å²) in [5.74, 6) is -3.09. The van der Waals surface area contributed by atoms with E-state index in [1.807, 2.05) is 67.9 Å². The molecule has 12 atom stereocenters. The third-order valence-corrected chi connectivity index (χ3v) is 21.6. The number of alkyl carbamates (subject to hydrolysis) is 2. The maximum absolute atomic E-state index is 16.7. The second-order valence-electron chi connectivity index (χ2n) is 28.1. The normalized spacial score (nSPS) is 24.1. The lowest BCUT2D eigenvalue weighted by molar-refractivity contribution is -0.149. The minimum Gasteiger partial charge on any atom is -0.462 e. The molecule has 3 aliphatic carbocycles. The van der Waals surface area contributed by atoms with Crippen LogP contribution in [0.5, 0.6) is 5.75 Å². The fourth-order valence-electron chi connectivity index (χ4n) is 14.5. The number of para-hydroxylation sites is 1. The van der Waals surface area contributed by atoms with Gasteiger partial charge in [-0.3, -0.25) is 33.3 Å². The first-order valence-corrected chi connectivity index (χ1v) is 35.3. The molecule has 0 unspecified atom stereocenters. The van der Waals surface area contributed by atoms with Crippen molar-refractivity contribution in [3.8, 4) is 39.3 Å². The van der Waals surface area contributed by atoms with Crippen LogP contribution < -0.4 is 31.5 Å². The van der Waals surface area contributed by atoms with E-state index < -0.39 is 98.0 Å². The third-order valence-electron chi connectivity index (χ3n) is 20.0. The van der Waals surface area contributed by atoms with Crippen molar-refractivity contribution in [2.75, 3.05) is 27.4 Å². The van der Waals surface area contributed by atoms with E-state index in [1.54, 1.807) is 61.3 Å². The number of nitrogens with one attached hydrogen (secondary N) is 6. The van der Waals surface area contributed by atoms with E-state index in [4.69, 9.17) is 38.0 Å². The molecule has 2 saturated carbocycles. The molecule has 3 aliphatic heterocycles. The van der Waals surface area contributed by atoms with Crippen molar-refractivity contribution in [2.24, 2.45) is 23.2 Å². The molecule has 13 rings (SSSR count). The van der Waals surface area contributed by atoms with Crippen LogP contribution in [0.4, 0.5) is 22.8 Å². The van der Waals surface area contributed by atoms with Crippen molar-refractivity contribution >= 4 is 48.8 Å². The first kappa shape index (κ1) is 71.7. The molecule has 2 bridgehead atoms. The Labute approximate surface area is 579 Å². The summed E-state index contributed by atoms with van der Waals surface area (Å²) in [4.78, 5) is 110. The number of benzene rings is 4. The van der Waals surface area contributed by atoms with Crippen LogP contribution in [0.1, 0.15) is 135 Å². The van der Waals surface area contributed by atoms with E-state index in [-0.39, 0.29) is 70.0 Å². The van der Waals surface area contributed by atoms with Crippen molar-refractivity contribution < 1.29 is 74.8 Å². The smallest absolute Gasteiger partial charge is 0.459 e. The van der Waals surface area contributed by atoms with Gasteiger partial charge in [0.2, 0.25) is 11.8 Å². The number of halogens is 3. The summed E-state index contributed by atoms with van der Waals surface area (Å²) in [5, 5.41) is 18.5. The van der Waals surface area contributed by atoms with Crippen LogP contribution >= 0.6 is 7.75 Å². The van der Waals surface area contributed by atoms with Crippen LogP contribution in [-0.4, -0.2) is 150 Å². The number of piperidine rings is 1. The van der Waals surface area contributed by atoms with E-state index in [9.17, 15) is 43.2 Å². The standard InChI is InChI=1S/C49H54F2N8O6.C22H29FN3O9P/c1-24(2)39(56-46(62)64-5)44(60)58-23-48(15-16-48)21-38(58)42-52-22-37(55-42)28-9-13-32-31-12-8-26(18-33(31)49(50,51)34(32)19-28)27-10-14-35-36(20-27)54-43(53-35)41-29-7-11-30(17-29)59(41)45(61)40(25(3)4)57-47(63)65-6;1-13(2)33-19(29)14(3)25-36(31,35-15-8-6-5-7-9-15)32-12-16-18(28)22(4,23)20(34-16)26-11-10-17(27)24-21(26)30/h8-10,12-14,18-20,22,24-25,29-30,38-41H,7,11,15-17,21,23H2,1-6H3,(H,52,55)(H,53,54)(H,56,62)(H,57,63);5-11,13-14,16,18,20,28H,12H2,1-4H3,(H,25,31)(H,24,27,30)/t29-,30+,38-,39-,40-,41-;14-,16+,18+,20+,22+,36-/m00/s1. The van der Waals surface area contributed by atoms with Crippen LogP contribution in [0, 0.1) is 23.2 Å². The van der Waals surface area contributed by atoms with E-state index in [0.717, 1.165) is 73.4 Å². The number of H-pyrrole nitrogens is 3. The Morgan fingerprint density at radius 3 is 2.05 bits per heavy atom. The lowest BCUT2D eigenvalue weighted by Gasteiger charge is -2.37. The molecule has 101 heavy (non-hydrogen) atoms. The van der Waals surface area contributed by atoms with Gasteiger partial charge in [-0.25, -0.2) is 33.3 Å². The summed E-state index contributed by atoms with van der Waals surface area (Å²) in [6.45, 7) is 13.2. The number of hydrogen-bond acceptors (Lipinski definition) is 17. The van der Waals surface area contributed by atoms with Crippen LogP contribution in [-0.2, 0) is 48.3 Å². The summed E-state index contributed by atoms with van der Waals surface area (Å²) in [6, 6.07) is 21.7. The van der Waals surface area contributed by atoms with Crippen molar-refractivity contribution in [2.45, 2.75) is 166 Å². The Morgan fingerprint density at radius 2 is 1.42 bits per heavy atom. The van der Waals surface area contributed by atoms with E-state index in [1.165, 1.54) is 39.3 Å². The van der Waals surface area contributed by atoms with E-state index >= 15 is 13.2 Å². The van der Waals surface area contributed by atoms with E-state index in [0.29, 0.717) is 51.7 Å². The molecule has 7 aromatic rings. The Kier molecular flexibility index (Phi) is 19.9. The van der Waals surface area contributed by atoms with Crippen molar-refractivity contribution in [1.29, 1.82) is 0 Å². The third kappa shape index (κ3) is 14.3. The van der Waals surface area contributed by atoms with Crippen molar-refractivity contribution in [1.82, 2.24) is 55.0 Å². The highest BCUT2D eigenvalue weighted by Gasteiger charge is 2.58. The van der Waals surface area contributed by atoms with Crippen molar-refractivity contribution in [3.05, 3.63) is 147 Å². The summed E-state index contributed by atoms with van der Waals surface area (Å²) < 4.78 is 94.4. The van der Waals surface area contributed by atoms with Crippen LogP contribution in [0.2, 0.25) is 0 Å². The Balaban J connectivity index is 0.000000227. The zero-order valence-corrected chi connectivity index (χ0v) is 58.4. The maximum Gasteiger partial charge on any atom is 0.459 e. The number of alkyl halides is 3. The molecular formula is C71H83F3N11O15P. The molecular weight excluding hydrogens is 1330 g/mol. The first-order chi connectivity index (χ1) is 47.9. The second-order valence-corrected chi connectivity index (χ2v) is 29.8. The molecule has 30 heteroatoms. The molecule has 0 radical (unpaired) electrons. The van der Waals surface area contributed by atoms with Gasteiger partial charge >= 0.3 is 31.6 Å². The van der Waals surface area contributed by atoms with Gasteiger partial charge in [0.1, 0.15) is 47.7 Å². The highest BCUT2D eigenvalue weighted by atomic mass is 31.2. The number of carbonyl (C=O) groups is 5. The number of carbonyl (C=O) groups excluding carboxylic acids is 5. The fraction of sp³-hybridized carbons (Fsp3) is 0.479. The number of aromatic amines is 3. The van der Waals surface area contributed by atoms with Gasteiger partial charge in [0.15, 0.2) is 11.9 Å². The first-order valence-electron chi connectivity index (χ1n) is 33.8. The number of esters is 1. The number of hydrogen-bond donors (Lipinski definition) is 7. The lowest BCUT2D eigenvalue weighted by atomic mass is 9.95. The zero-order chi connectivity index (χ0) is 72.4. The number of nitrogens with zero attached hydrogens (tertiary/aromatic N) is 5. The number of methoxy groups -OCH3 is 2. The van der Waals surface area contributed by atoms with Gasteiger partial charge in [0.25, 0.3) is 11.5 Å². The molecule has 6 heterocycles. The topological polar surface area (TPSA) is 333 Å². The molecule has 3 saturated heterocycles. The van der Waals surface area contributed by atoms with Crippen LogP contribution in [0.15, 0.2) is 113 Å². The molecule has 4 aromatic carbocycles. The van der Waals surface area contributed by atoms with Crippen LogP contribution in [0.3, 0.4) is 0 Å². The summed E-state index contributed by atoms with van der Waals surface area (Å²) in [6.07, 6.45) is 1.54. The number of rotatable bonds is 20. The van der Waals surface area contributed by atoms with Gasteiger partial charge in [0, 0.05) is 41.5 Å². The van der Waals surface area contributed by atoms with Gasteiger partial charge in [-0.1, -0.05) is 76.2 Å².